The monoisotopic (exact) mass is 453 g/mol. The molecule has 162 valence electrons. The fourth-order valence-electron chi connectivity index (χ4n) is 5.33. The zero-order chi connectivity index (χ0) is 22.6. The summed E-state index contributed by atoms with van der Waals surface area (Å²) in [4.78, 5) is 4.86. The lowest BCUT2D eigenvalue weighted by Crippen LogP contribution is -2.38. The Morgan fingerprint density at radius 2 is 1.65 bits per heavy atom. The number of thiazole rings is 1. The summed E-state index contributed by atoms with van der Waals surface area (Å²) >= 11 is 1.77. The molecular formula is C32H23NS. The van der Waals surface area contributed by atoms with E-state index in [9.17, 15) is 0 Å². The summed E-state index contributed by atoms with van der Waals surface area (Å²) in [7, 11) is 0. The van der Waals surface area contributed by atoms with Crippen molar-refractivity contribution in [1.82, 2.24) is 4.98 Å². The number of aryl methyl sites for hydroxylation is 1. The molecular weight excluding hydrogens is 430 g/mol. The molecule has 0 amide bonds. The normalized spacial score (nSPS) is 16.0. The molecule has 0 spiro atoms. The van der Waals surface area contributed by atoms with E-state index in [4.69, 9.17) is 4.98 Å². The molecule has 0 saturated heterocycles. The Morgan fingerprint density at radius 3 is 2.53 bits per heavy atom. The second-order valence-corrected chi connectivity index (χ2v) is 10.3. The predicted molar refractivity (Wildman–Crippen MR) is 145 cm³/mol. The van der Waals surface area contributed by atoms with Gasteiger partial charge in [0.1, 0.15) is 5.01 Å². The van der Waals surface area contributed by atoms with Crippen molar-refractivity contribution in [2.45, 2.75) is 13.3 Å². The maximum atomic E-state index is 4.86. The molecule has 4 aromatic carbocycles. The quantitative estimate of drug-likeness (QED) is 0.360. The Kier molecular flexibility index (Phi) is 4.43. The SMILES string of the molecule is Cc1ccc2nc(-c3ccc(-c4cccc5c4=CCC4C=c6ccccc6=CC=54)cc3)sc2c1. The molecule has 0 N–H and O–H groups in total. The van der Waals surface area contributed by atoms with E-state index < -0.39 is 0 Å². The number of benzene rings is 4. The number of fused-ring (bicyclic) bond motifs is 4. The van der Waals surface area contributed by atoms with E-state index >= 15 is 0 Å². The van der Waals surface area contributed by atoms with Gasteiger partial charge in [-0.25, -0.2) is 4.98 Å². The van der Waals surface area contributed by atoms with E-state index in [1.807, 2.05) is 0 Å². The molecule has 1 atom stereocenters. The average molecular weight is 454 g/mol. The van der Waals surface area contributed by atoms with Crippen LogP contribution in [0.4, 0.5) is 0 Å². The van der Waals surface area contributed by atoms with Crippen LogP contribution in [0.3, 0.4) is 0 Å². The summed E-state index contributed by atoms with van der Waals surface area (Å²) in [6.07, 6.45) is 8.31. The molecule has 1 aromatic heterocycles. The van der Waals surface area contributed by atoms with Crippen molar-refractivity contribution in [3.05, 3.63) is 111 Å². The highest BCUT2D eigenvalue weighted by atomic mass is 32.1. The number of hydrogen-bond donors (Lipinski definition) is 0. The summed E-state index contributed by atoms with van der Waals surface area (Å²) in [6, 6.07) is 30.9. The molecule has 1 nitrogen and oxygen atoms in total. The van der Waals surface area contributed by atoms with Crippen LogP contribution in [0.2, 0.25) is 0 Å². The molecule has 5 aromatic rings. The highest BCUT2D eigenvalue weighted by Gasteiger charge is 2.18. The minimum atomic E-state index is 0.461. The van der Waals surface area contributed by atoms with Gasteiger partial charge in [-0.15, -0.1) is 11.3 Å². The lowest BCUT2D eigenvalue weighted by Gasteiger charge is -2.21. The molecule has 0 bridgehead atoms. The van der Waals surface area contributed by atoms with Crippen LogP contribution >= 0.6 is 11.3 Å². The second-order valence-electron chi connectivity index (χ2n) is 9.28. The van der Waals surface area contributed by atoms with Crippen molar-refractivity contribution >= 4 is 45.4 Å². The van der Waals surface area contributed by atoms with Gasteiger partial charge in [0.15, 0.2) is 0 Å². The lowest BCUT2D eigenvalue weighted by atomic mass is 9.83. The maximum Gasteiger partial charge on any atom is 0.124 e. The summed E-state index contributed by atoms with van der Waals surface area (Å²) in [5, 5.41) is 6.48. The fourth-order valence-corrected chi connectivity index (χ4v) is 6.40. The van der Waals surface area contributed by atoms with E-state index in [1.165, 1.54) is 53.4 Å². The molecule has 0 saturated carbocycles. The van der Waals surface area contributed by atoms with Crippen molar-refractivity contribution in [1.29, 1.82) is 0 Å². The molecule has 2 aliphatic carbocycles. The summed E-state index contributed by atoms with van der Waals surface area (Å²) in [6.45, 7) is 2.13. The first kappa shape index (κ1) is 19.7. The number of nitrogens with zero attached hydrogens (tertiary/aromatic N) is 1. The van der Waals surface area contributed by atoms with Gasteiger partial charge in [-0.3, -0.25) is 0 Å². The molecule has 2 heteroatoms. The van der Waals surface area contributed by atoms with E-state index in [0.29, 0.717) is 5.92 Å². The van der Waals surface area contributed by atoms with Gasteiger partial charge < -0.3 is 0 Å². The summed E-state index contributed by atoms with van der Waals surface area (Å²) in [5.74, 6) is 0.461. The second kappa shape index (κ2) is 7.65. The predicted octanol–water partition coefficient (Wildman–Crippen LogP) is 5.16. The topological polar surface area (TPSA) is 12.9 Å². The van der Waals surface area contributed by atoms with Gasteiger partial charge in [-0.05, 0) is 74.7 Å². The van der Waals surface area contributed by atoms with Crippen LogP contribution in [-0.4, -0.2) is 4.98 Å². The molecule has 2 aliphatic rings. The maximum absolute atomic E-state index is 4.86. The molecule has 0 aliphatic heterocycles. The zero-order valence-electron chi connectivity index (χ0n) is 19.0. The first-order chi connectivity index (χ1) is 16.7. The van der Waals surface area contributed by atoms with Gasteiger partial charge in [0, 0.05) is 11.5 Å². The molecule has 34 heavy (non-hydrogen) atoms. The van der Waals surface area contributed by atoms with Crippen LogP contribution in [0.25, 0.3) is 55.7 Å². The van der Waals surface area contributed by atoms with Crippen LogP contribution in [0.5, 0.6) is 0 Å². The van der Waals surface area contributed by atoms with Crippen LogP contribution in [0.1, 0.15) is 12.0 Å². The van der Waals surface area contributed by atoms with Gasteiger partial charge in [0.2, 0.25) is 0 Å². The minimum absolute atomic E-state index is 0.461. The molecule has 0 fully saturated rings. The Morgan fingerprint density at radius 1 is 0.824 bits per heavy atom. The van der Waals surface area contributed by atoms with Crippen molar-refractivity contribution < 1.29 is 0 Å². The first-order valence-electron chi connectivity index (χ1n) is 11.8. The van der Waals surface area contributed by atoms with Crippen LogP contribution in [0.15, 0.2) is 84.9 Å². The Balaban J connectivity index is 1.33. The largest absolute Gasteiger partial charge is 0.236 e. The first-order valence-corrected chi connectivity index (χ1v) is 12.6. The average Bonchev–Trinajstić information content (AvgIpc) is 3.30. The standard InChI is InChI=1S/C32H23NS/c1-20-9-16-30-31(17-20)34-32(33-30)22-12-10-21(11-13-22)26-7-4-8-27-28(26)15-14-25-18-23-5-2-3-6-24(23)19-29(25)27/h2-13,15-19,25H,14H2,1H3. The van der Waals surface area contributed by atoms with Crippen LogP contribution in [0, 0.1) is 12.8 Å². The van der Waals surface area contributed by atoms with Crippen molar-refractivity contribution in [3.63, 3.8) is 0 Å². The highest BCUT2D eigenvalue weighted by Crippen LogP contribution is 2.32. The van der Waals surface area contributed by atoms with Crippen LogP contribution in [-0.2, 0) is 0 Å². The molecule has 1 heterocycles. The Bertz CT molecular complexity index is 1840. The third kappa shape index (κ3) is 3.18. The summed E-state index contributed by atoms with van der Waals surface area (Å²) in [5.41, 5.74) is 7.54. The Labute approximate surface area is 202 Å². The van der Waals surface area contributed by atoms with Gasteiger partial charge in [-0.2, -0.15) is 0 Å². The van der Waals surface area contributed by atoms with E-state index in [0.717, 1.165) is 16.9 Å². The van der Waals surface area contributed by atoms with Gasteiger partial charge in [-0.1, -0.05) is 84.9 Å². The van der Waals surface area contributed by atoms with Crippen molar-refractivity contribution in [2.24, 2.45) is 5.92 Å². The zero-order valence-corrected chi connectivity index (χ0v) is 19.8. The highest BCUT2D eigenvalue weighted by molar-refractivity contribution is 7.21. The van der Waals surface area contributed by atoms with Crippen LogP contribution < -0.4 is 20.9 Å². The lowest BCUT2D eigenvalue weighted by molar-refractivity contribution is 0.913. The van der Waals surface area contributed by atoms with Crippen molar-refractivity contribution in [2.75, 3.05) is 0 Å². The number of hydrogen-bond acceptors (Lipinski definition) is 2. The van der Waals surface area contributed by atoms with Crippen molar-refractivity contribution in [3.8, 4) is 21.7 Å². The third-order valence-electron chi connectivity index (χ3n) is 7.07. The fraction of sp³-hybridized carbons (Fsp3) is 0.0938. The van der Waals surface area contributed by atoms with E-state index in [2.05, 4.69) is 110 Å². The third-order valence-corrected chi connectivity index (χ3v) is 8.13. The number of rotatable bonds is 2. The number of aromatic nitrogens is 1. The van der Waals surface area contributed by atoms with Gasteiger partial charge in [0.05, 0.1) is 10.2 Å². The smallest absolute Gasteiger partial charge is 0.124 e. The molecule has 0 radical (unpaired) electrons. The Hall–Kier alpha value is -3.75. The van der Waals surface area contributed by atoms with Gasteiger partial charge in [0.25, 0.3) is 0 Å². The van der Waals surface area contributed by atoms with Gasteiger partial charge >= 0.3 is 0 Å². The minimum Gasteiger partial charge on any atom is -0.236 e. The molecule has 1 unspecified atom stereocenters. The summed E-state index contributed by atoms with van der Waals surface area (Å²) < 4.78 is 1.25. The van der Waals surface area contributed by atoms with E-state index in [-0.39, 0.29) is 0 Å². The molecule has 7 rings (SSSR count). The van der Waals surface area contributed by atoms with E-state index in [1.54, 1.807) is 11.3 Å².